The van der Waals surface area contributed by atoms with Crippen molar-refractivity contribution in [1.82, 2.24) is 10.3 Å². The molecule has 50 heavy (non-hydrogen) atoms. The first-order chi connectivity index (χ1) is 24.7. The minimum atomic E-state index is 0.0675. The molecule has 1 N–H and O–H groups in total. The number of nitrogens with zero attached hydrogens (tertiary/aromatic N) is 1. The number of furan rings is 1. The summed E-state index contributed by atoms with van der Waals surface area (Å²) >= 11 is 0. The predicted octanol–water partition coefficient (Wildman–Crippen LogP) is 11.8. The summed E-state index contributed by atoms with van der Waals surface area (Å²) in [7, 11) is 0. The molecule has 236 valence electrons. The number of hydrogen-bond acceptors (Lipinski definition) is 4. The van der Waals surface area contributed by atoms with Crippen LogP contribution < -0.4 is 10.1 Å². The van der Waals surface area contributed by atoms with E-state index in [1.54, 1.807) is 0 Å². The molecule has 0 radical (unpaired) electrons. The lowest BCUT2D eigenvalue weighted by Crippen LogP contribution is -2.17. The smallest absolute Gasteiger partial charge is 0.153 e. The summed E-state index contributed by atoms with van der Waals surface area (Å²) in [6.07, 6.45) is 7.80. The molecule has 2 aliphatic rings. The van der Waals surface area contributed by atoms with Crippen molar-refractivity contribution in [3.8, 4) is 61.4 Å². The van der Waals surface area contributed by atoms with Gasteiger partial charge in [-0.1, -0.05) is 84.9 Å². The van der Waals surface area contributed by atoms with Crippen LogP contribution in [0.15, 0.2) is 180 Å². The molecule has 0 spiro atoms. The van der Waals surface area contributed by atoms with Gasteiger partial charge in [0.15, 0.2) is 5.58 Å². The van der Waals surface area contributed by atoms with Crippen molar-refractivity contribution in [2.24, 2.45) is 0 Å². The van der Waals surface area contributed by atoms with E-state index < -0.39 is 0 Å². The Morgan fingerprint density at radius 2 is 1.04 bits per heavy atom. The average molecular weight is 643 g/mol. The maximum absolute atomic E-state index is 6.08. The van der Waals surface area contributed by atoms with E-state index in [9.17, 15) is 0 Å². The van der Waals surface area contributed by atoms with E-state index in [0.29, 0.717) is 0 Å². The van der Waals surface area contributed by atoms with Crippen molar-refractivity contribution in [2.45, 2.75) is 6.04 Å². The number of benzene rings is 6. The molecule has 0 saturated heterocycles. The highest BCUT2D eigenvalue weighted by atomic mass is 16.5. The summed E-state index contributed by atoms with van der Waals surface area (Å²) in [5, 5.41) is 4.46. The van der Waals surface area contributed by atoms with Crippen LogP contribution in [0.3, 0.4) is 0 Å². The molecule has 0 aliphatic carbocycles. The molecule has 10 rings (SSSR count). The van der Waals surface area contributed by atoms with Gasteiger partial charge in [0.1, 0.15) is 28.7 Å². The summed E-state index contributed by atoms with van der Waals surface area (Å²) in [4.78, 5) is 4.57. The molecule has 6 aromatic carbocycles. The highest BCUT2D eigenvalue weighted by Gasteiger charge is 2.30. The van der Waals surface area contributed by atoms with Gasteiger partial charge in [-0.3, -0.25) is 4.98 Å². The molecule has 0 bridgehead atoms. The van der Waals surface area contributed by atoms with Crippen molar-refractivity contribution in [3.63, 3.8) is 0 Å². The molecule has 0 amide bonds. The zero-order valence-corrected chi connectivity index (χ0v) is 27.0. The summed E-state index contributed by atoms with van der Waals surface area (Å²) in [5.41, 5.74) is 15.4. The third-order valence-corrected chi connectivity index (χ3v) is 9.79. The Labute approximate surface area is 289 Å². The van der Waals surface area contributed by atoms with E-state index >= 15 is 0 Å². The van der Waals surface area contributed by atoms with Crippen LogP contribution in [-0.4, -0.2) is 4.98 Å². The molecule has 8 aromatic rings. The molecule has 2 aromatic heterocycles. The SMILES string of the molecule is C1=CNC2C(=C1)Oc1ccc(-c3cccc(-c4cccc(-c5cccc(-c6cccc(-c7ccc8oc9cccnc9c8c7)c6)c5)c4)c3)cc12. The zero-order chi connectivity index (χ0) is 33.0. The third-order valence-electron chi connectivity index (χ3n) is 9.79. The Bertz CT molecular complexity index is 2680. The van der Waals surface area contributed by atoms with Crippen LogP contribution in [0.5, 0.6) is 5.75 Å². The largest absolute Gasteiger partial charge is 0.459 e. The van der Waals surface area contributed by atoms with Crippen molar-refractivity contribution in [2.75, 3.05) is 0 Å². The Morgan fingerprint density at radius 3 is 1.64 bits per heavy atom. The van der Waals surface area contributed by atoms with E-state index in [2.05, 4.69) is 138 Å². The monoisotopic (exact) mass is 642 g/mol. The maximum Gasteiger partial charge on any atom is 0.153 e. The van der Waals surface area contributed by atoms with Crippen molar-refractivity contribution in [3.05, 3.63) is 181 Å². The highest BCUT2D eigenvalue weighted by molar-refractivity contribution is 6.04. The van der Waals surface area contributed by atoms with Gasteiger partial charge in [0.05, 0.1) is 0 Å². The summed E-state index contributed by atoms with van der Waals surface area (Å²) < 4.78 is 12.1. The van der Waals surface area contributed by atoms with Gasteiger partial charge in [0, 0.05) is 17.1 Å². The first-order valence-electron chi connectivity index (χ1n) is 16.9. The predicted molar refractivity (Wildman–Crippen MR) is 202 cm³/mol. The molecule has 0 saturated carbocycles. The number of dihydropyridines is 1. The van der Waals surface area contributed by atoms with Gasteiger partial charge < -0.3 is 14.5 Å². The van der Waals surface area contributed by atoms with Crippen molar-refractivity contribution < 1.29 is 9.15 Å². The molecule has 1 unspecified atom stereocenters. The fraction of sp³-hybridized carbons (Fsp3) is 0.0217. The first kappa shape index (κ1) is 28.4. The highest BCUT2D eigenvalue weighted by Crippen LogP contribution is 2.42. The number of rotatable bonds is 5. The number of nitrogens with one attached hydrogen (secondary N) is 1. The number of ether oxygens (including phenoxy) is 1. The molecule has 4 heterocycles. The lowest BCUT2D eigenvalue weighted by molar-refractivity contribution is 0.415. The third kappa shape index (κ3) is 4.89. The quantitative estimate of drug-likeness (QED) is 0.203. The minimum Gasteiger partial charge on any atom is -0.459 e. The van der Waals surface area contributed by atoms with Crippen LogP contribution in [0, 0.1) is 0 Å². The topological polar surface area (TPSA) is 47.3 Å². The van der Waals surface area contributed by atoms with Crippen molar-refractivity contribution >= 4 is 22.1 Å². The molecular formula is C46H30N2O2. The van der Waals surface area contributed by atoms with Gasteiger partial charge >= 0.3 is 0 Å². The van der Waals surface area contributed by atoms with Crippen LogP contribution in [0.2, 0.25) is 0 Å². The fourth-order valence-corrected chi connectivity index (χ4v) is 7.27. The Morgan fingerprint density at radius 1 is 0.500 bits per heavy atom. The van der Waals surface area contributed by atoms with Crippen LogP contribution in [0.4, 0.5) is 0 Å². The number of hydrogen-bond donors (Lipinski definition) is 1. The standard InChI is InChI=1S/C46H30N2O2/c1-7-29(23-31(9-1)33-11-3-13-35(25-33)37-17-19-41-39(27-37)45-43(49-41)15-5-21-47-45)30-8-2-10-32(24-30)34-12-4-14-36(26-34)38-18-20-42-40(28-38)46-44(50-42)16-6-22-48-46/h1-28,45,47H. The van der Waals surface area contributed by atoms with E-state index in [4.69, 9.17) is 9.15 Å². The lowest BCUT2D eigenvalue weighted by Gasteiger charge is -2.14. The summed E-state index contributed by atoms with van der Waals surface area (Å²) in [5.74, 6) is 1.86. The zero-order valence-electron chi connectivity index (χ0n) is 27.0. The van der Waals surface area contributed by atoms with E-state index in [1.807, 2.05) is 42.7 Å². The Kier molecular flexibility index (Phi) is 6.53. The van der Waals surface area contributed by atoms with E-state index in [-0.39, 0.29) is 6.04 Å². The number of fused-ring (bicyclic) bond motifs is 6. The van der Waals surface area contributed by atoms with E-state index in [1.165, 1.54) is 50.1 Å². The fourth-order valence-electron chi connectivity index (χ4n) is 7.27. The molecule has 4 heteroatoms. The maximum atomic E-state index is 6.08. The van der Waals surface area contributed by atoms with Gasteiger partial charge in [-0.2, -0.15) is 0 Å². The van der Waals surface area contributed by atoms with Gasteiger partial charge in [-0.05, 0) is 135 Å². The van der Waals surface area contributed by atoms with Crippen LogP contribution in [0.1, 0.15) is 11.6 Å². The van der Waals surface area contributed by atoms with Gasteiger partial charge in [0.25, 0.3) is 0 Å². The molecule has 2 aliphatic heterocycles. The normalized spacial score (nSPS) is 14.6. The van der Waals surface area contributed by atoms with Crippen molar-refractivity contribution in [1.29, 1.82) is 0 Å². The van der Waals surface area contributed by atoms with E-state index in [0.717, 1.165) is 44.7 Å². The first-order valence-corrected chi connectivity index (χ1v) is 16.9. The second-order valence-corrected chi connectivity index (χ2v) is 12.9. The average Bonchev–Trinajstić information content (AvgIpc) is 3.76. The lowest BCUT2D eigenvalue weighted by atomic mass is 9.93. The Balaban J connectivity index is 0.950. The van der Waals surface area contributed by atoms with Gasteiger partial charge in [-0.25, -0.2) is 0 Å². The number of pyridine rings is 1. The van der Waals surface area contributed by atoms with Crippen LogP contribution in [0.25, 0.3) is 77.7 Å². The summed E-state index contributed by atoms with van der Waals surface area (Å²) in [6, 6.07) is 51.9. The number of aromatic nitrogens is 1. The second kappa shape index (κ2) is 11.5. The summed E-state index contributed by atoms with van der Waals surface area (Å²) in [6.45, 7) is 0. The number of allylic oxidation sites excluding steroid dienone is 2. The molecule has 4 nitrogen and oxygen atoms in total. The molecular weight excluding hydrogens is 613 g/mol. The molecule has 1 atom stereocenters. The van der Waals surface area contributed by atoms with Gasteiger partial charge in [-0.15, -0.1) is 0 Å². The van der Waals surface area contributed by atoms with Crippen LogP contribution in [-0.2, 0) is 0 Å². The second-order valence-electron chi connectivity index (χ2n) is 12.9. The Hall–Kier alpha value is -6.65. The van der Waals surface area contributed by atoms with Gasteiger partial charge in [0.2, 0.25) is 0 Å². The molecule has 0 fully saturated rings. The minimum absolute atomic E-state index is 0.0675. The van der Waals surface area contributed by atoms with Crippen LogP contribution >= 0.6 is 0 Å².